The van der Waals surface area contributed by atoms with Crippen molar-refractivity contribution in [3.63, 3.8) is 0 Å². The van der Waals surface area contributed by atoms with Crippen LogP contribution >= 0.6 is 11.6 Å². The number of alkyl halides is 1. The van der Waals surface area contributed by atoms with E-state index in [1.165, 1.54) is 18.2 Å². The molecule has 0 N–H and O–H groups in total. The number of hydrogen-bond acceptors (Lipinski definition) is 7. The number of pyridine rings is 1. The van der Waals surface area contributed by atoms with Gasteiger partial charge in [0.2, 0.25) is 0 Å². The number of carbonyl (C=O) groups is 2. The first-order valence-electron chi connectivity index (χ1n) is 10.0. The maximum Gasteiger partial charge on any atom is 0.340 e. The zero-order chi connectivity index (χ0) is 22.5. The topological polar surface area (TPSA) is 109 Å². The Labute approximate surface area is 184 Å². The van der Waals surface area contributed by atoms with Crippen LogP contribution in [0.15, 0.2) is 24.3 Å². The van der Waals surface area contributed by atoms with Gasteiger partial charge in [0.05, 0.1) is 33.3 Å². The van der Waals surface area contributed by atoms with Gasteiger partial charge in [-0.1, -0.05) is 12.1 Å². The third-order valence-corrected chi connectivity index (χ3v) is 5.35. The second kappa shape index (κ2) is 9.87. The average Bonchev–Trinajstić information content (AvgIpc) is 3.24. The number of carbonyl (C=O) groups excluding carboxylic acids is 2. The van der Waals surface area contributed by atoms with Crippen molar-refractivity contribution in [3.05, 3.63) is 56.9 Å². The number of non-ortho nitro benzene ring substituents is 1. The molecule has 2 aromatic rings. The van der Waals surface area contributed by atoms with Crippen LogP contribution in [0.1, 0.15) is 57.8 Å². The maximum atomic E-state index is 13.2. The highest BCUT2D eigenvalue weighted by Gasteiger charge is 2.30. The lowest BCUT2D eigenvalue weighted by Gasteiger charge is -2.19. The summed E-state index contributed by atoms with van der Waals surface area (Å²) in [6.07, 6.45) is 3.33. The van der Waals surface area contributed by atoms with Gasteiger partial charge >= 0.3 is 11.9 Å². The number of rotatable bonds is 7. The largest absolute Gasteiger partial charge is 0.461 e. The predicted octanol–water partition coefficient (Wildman–Crippen LogP) is 4.77. The smallest absolute Gasteiger partial charge is 0.340 e. The number of nitrogens with zero attached hydrogens (tertiary/aromatic N) is 2. The molecule has 0 amide bonds. The molecule has 0 radical (unpaired) electrons. The van der Waals surface area contributed by atoms with Gasteiger partial charge in [-0.3, -0.25) is 15.1 Å². The normalized spacial score (nSPS) is 13.8. The Balaban J connectivity index is 2.21. The summed E-state index contributed by atoms with van der Waals surface area (Å²) in [5.41, 5.74) is 1.27. The molecule has 1 heterocycles. The van der Waals surface area contributed by atoms with Gasteiger partial charge < -0.3 is 9.47 Å². The van der Waals surface area contributed by atoms with Crippen LogP contribution in [0.3, 0.4) is 0 Å². The van der Waals surface area contributed by atoms with Crippen LogP contribution in [0.25, 0.3) is 11.1 Å². The summed E-state index contributed by atoms with van der Waals surface area (Å²) < 4.78 is 10.9. The third kappa shape index (κ3) is 5.02. The molecule has 1 aromatic carbocycles. The quantitative estimate of drug-likeness (QED) is 0.261. The molecule has 3 rings (SSSR count). The van der Waals surface area contributed by atoms with Gasteiger partial charge in [-0.05, 0) is 45.1 Å². The molecule has 0 spiro atoms. The molecule has 1 aromatic heterocycles. The molecule has 1 fully saturated rings. The first kappa shape index (κ1) is 22.7. The molecular weight excluding hydrogens is 424 g/mol. The van der Waals surface area contributed by atoms with Crippen molar-refractivity contribution in [2.24, 2.45) is 0 Å². The van der Waals surface area contributed by atoms with Gasteiger partial charge in [-0.2, -0.15) is 0 Å². The van der Waals surface area contributed by atoms with Crippen molar-refractivity contribution in [3.8, 4) is 11.1 Å². The summed E-state index contributed by atoms with van der Waals surface area (Å²) in [7, 11) is 0. The number of aryl methyl sites for hydroxylation is 2. The fourth-order valence-corrected chi connectivity index (χ4v) is 3.91. The zero-order valence-corrected chi connectivity index (χ0v) is 18.1. The first-order valence-corrected chi connectivity index (χ1v) is 10.6. The molecular formula is C22H23ClN2O6. The van der Waals surface area contributed by atoms with Crippen LogP contribution in [0.4, 0.5) is 5.69 Å². The summed E-state index contributed by atoms with van der Waals surface area (Å²) in [5.74, 6) is -1.21. The van der Waals surface area contributed by atoms with Crippen LogP contribution in [0.2, 0.25) is 0 Å². The molecule has 9 heteroatoms. The Kier molecular flexibility index (Phi) is 7.22. The molecule has 0 unspecified atom stereocenters. The summed E-state index contributed by atoms with van der Waals surface area (Å²) in [6, 6.07) is 5.76. The lowest BCUT2D eigenvalue weighted by Crippen LogP contribution is -2.20. The Bertz CT molecular complexity index is 1020. The molecule has 1 aliphatic rings. The number of hydrogen-bond donors (Lipinski definition) is 0. The van der Waals surface area contributed by atoms with Gasteiger partial charge in [0.1, 0.15) is 12.7 Å². The average molecular weight is 447 g/mol. The molecule has 1 saturated carbocycles. The van der Waals surface area contributed by atoms with E-state index in [4.69, 9.17) is 21.1 Å². The lowest BCUT2D eigenvalue weighted by molar-refractivity contribution is -0.384. The number of aromatic nitrogens is 1. The minimum absolute atomic E-state index is 0.0239. The zero-order valence-electron chi connectivity index (χ0n) is 17.4. The minimum atomic E-state index is -0.706. The van der Waals surface area contributed by atoms with E-state index in [0.717, 1.165) is 25.7 Å². The van der Waals surface area contributed by atoms with Crippen LogP contribution in [0.5, 0.6) is 0 Å². The summed E-state index contributed by atoms with van der Waals surface area (Å²) in [5, 5.41) is 11.3. The Morgan fingerprint density at radius 2 is 1.81 bits per heavy atom. The fourth-order valence-electron chi connectivity index (χ4n) is 3.83. The Morgan fingerprint density at radius 3 is 2.42 bits per heavy atom. The van der Waals surface area contributed by atoms with Gasteiger partial charge in [-0.15, -0.1) is 11.6 Å². The number of esters is 2. The highest BCUT2D eigenvalue weighted by Crippen LogP contribution is 2.35. The van der Waals surface area contributed by atoms with E-state index in [0.29, 0.717) is 17.0 Å². The third-order valence-electron chi connectivity index (χ3n) is 5.20. The molecule has 1 aliphatic carbocycles. The van der Waals surface area contributed by atoms with Crippen molar-refractivity contribution < 1.29 is 24.0 Å². The number of ether oxygens (including phenoxy) is 2. The van der Waals surface area contributed by atoms with Gasteiger partial charge in [0.15, 0.2) is 0 Å². The molecule has 31 heavy (non-hydrogen) atoms. The molecule has 0 atom stereocenters. The van der Waals surface area contributed by atoms with E-state index < -0.39 is 16.9 Å². The van der Waals surface area contributed by atoms with Crippen molar-refractivity contribution in [1.29, 1.82) is 0 Å². The van der Waals surface area contributed by atoms with E-state index in [1.54, 1.807) is 19.9 Å². The number of benzene rings is 1. The van der Waals surface area contributed by atoms with Crippen molar-refractivity contribution in [1.82, 2.24) is 4.98 Å². The second-order valence-electron chi connectivity index (χ2n) is 7.35. The molecule has 164 valence electrons. The number of halogens is 1. The van der Waals surface area contributed by atoms with E-state index in [9.17, 15) is 19.7 Å². The number of nitro groups is 1. The minimum Gasteiger partial charge on any atom is -0.461 e. The van der Waals surface area contributed by atoms with Crippen LogP contribution < -0.4 is 0 Å². The van der Waals surface area contributed by atoms with Gasteiger partial charge in [-0.25, -0.2) is 9.59 Å². The maximum absolute atomic E-state index is 13.2. The summed E-state index contributed by atoms with van der Waals surface area (Å²) >= 11 is 5.65. The van der Waals surface area contributed by atoms with Crippen LogP contribution in [-0.2, 0) is 9.47 Å². The van der Waals surface area contributed by atoms with E-state index in [1.807, 2.05) is 0 Å². The number of nitro benzene ring substituents is 1. The van der Waals surface area contributed by atoms with Crippen molar-refractivity contribution in [2.45, 2.75) is 45.6 Å². The van der Waals surface area contributed by atoms with E-state index in [-0.39, 0.29) is 41.0 Å². The molecule has 0 aliphatic heterocycles. The Hall–Kier alpha value is -3.00. The van der Waals surface area contributed by atoms with Crippen LogP contribution in [-0.4, -0.2) is 40.4 Å². The summed E-state index contributed by atoms with van der Waals surface area (Å²) in [4.78, 5) is 41.2. The highest BCUT2D eigenvalue weighted by molar-refractivity contribution is 6.18. The predicted molar refractivity (Wildman–Crippen MR) is 114 cm³/mol. The van der Waals surface area contributed by atoms with Crippen LogP contribution in [0, 0.1) is 24.0 Å². The fraction of sp³-hybridized carbons (Fsp3) is 0.409. The highest BCUT2D eigenvalue weighted by atomic mass is 35.5. The van der Waals surface area contributed by atoms with Gasteiger partial charge in [0.25, 0.3) is 5.69 Å². The summed E-state index contributed by atoms with van der Waals surface area (Å²) in [6.45, 7) is 3.24. The first-order chi connectivity index (χ1) is 14.8. The molecule has 0 bridgehead atoms. The monoisotopic (exact) mass is 446 g/mol. The molecule has 8 nitrogen and oxygen atoms in total. The van der Waals surface area contributed by atoms with E-state index in [2.05, 4.69) is 4.98 Å². The lowest BCUT2D eigenvalue weighted by atomic mass is 9.92. The molecule has 0 saturated heterocycles. The van der Waals surface area contributed by atoms with E-state index >= 15 is 0 Å². The Morgan fingerprint density at radius 1 is 1.16 bits per heavy atom. The SMILES string of the molecule is Cc1nc(C)c(C(=O)OC2CCCC2)c(-c2cccc([N+](=O)[O-])c2)c1C(=O)OCCCl. The standard InChI is InChI=1S/C22H23ClN2O6/c1-13-18(21(26)30-11-10-23)20(15-6-5-7-16(12-15)25(28)29)19(14(2)24-13)22(27)31-17-8-3-4-9-17/h5-7,12,17H,3-4,8-11H2,1-2H3. The van der Waals surface area contributed by atoms with Crippen molar-refractivity contribution >= 4 is 29.2 Å². The second-order valence-corrected chi connectivity index (χ2v) is 7.73. The van der Waals surface area contributed by atoms with Crippen molar-refractivity contribution in [2.75, 3.05) is 12.5 Å². The van der Waals surface area contributed by atoms with Gasteiger partial charge in [0, 0.05) is 17.7 Å².